The number of hydrogen-bond acceptors (Lipinski definition) is 6. The Morgan fingerprint density at radius 3 is 1.13 bits per heavy atom. The topological polar surface area (TPSA) is 57.2 Å². The molecule has 0 heterocycles. The second-order valence-electron chi connectivity index (χ2n) is 11.3. The maximum atomic E-state index is 8.63. The summed E-state index contributed by atoms with van der Waals surface area (Å²) in [5.41, 5.74) is 4.05. The molecule has 0 saturated heterocycles. The molecule has 248 valence electrons. The lowest BCUT2D eigenvalue weighted by Crippen LogP contribution is -2.26. The molecule has 0 aliphatic heterocycles. The summed E-state index contributed by atoms with van der Waals surface area (Å²) in [6, 6.07) is 33.1. The highest BCUT2D eigenvalue weighted by Crippen LogP contribution is 2.48. The summed E-state index contributed by atoms with van der Waals surface area (Å²) >= 11 is 2.09. The van der Waals surface area contributed by atoms with Crippen molar-refractivity contribution in [2.24, 2.45) is 0 Å². The van der Waals surface area contributed by atoms with E-state index >= 15 is 0 Å². The number of unbranched alkanes of at least 4 members (excludes halogenated alkanes) is 9. The van der Waals surface area contributed by atoms with Crippen molar-refractivity contribution in [2.75, 3.05) is 65.2 Å². The van der Waals surface area contributed by atoms with Crippen LogP contribution in [0.4, 0.5) is 0 Å². The van der Waals surface area contributed by atoms with E-state index in [1.807, 2.05) is 0 Å². The van der Waals surface area contributed by atoms with E-state index in [0.717, 1.165) is 18.8 Å². The minimum atomic E-state index is -0.198. The molecule has 0 aliphatic rings. The van der Waals surface area contributed by atoms with Gasteiger partial charge in [0.15, 0.2) is 0 Å². The van der Waals surface area contributed by atoms with Crippen LogP contribution in [0.5, 0.6) is 0 Å². The Balaban J connectivity index is 1.19. The zero-order chi connectivity index (χ0) is 31.5. The molecule has 5 nitrogen and oxygen atoms in total. The lowest BCUT2D eigenvalue weighted by molar-refractivity contribution is -0.00577. The van der Waals surface area contributed by atoms with E-state index in [9.17, 15) is 0 Å². The maximum absolute atomic E-state index is 8.63. The smallest absolute Gasteiger partial charge is 0.0906 e. The van der Waals surface area contributed by atoms with E-state index in [1.54, 1.807) is 0 Å². The van der Waals surface area contributed by atoms with Gasteiger partial charge in [0.05, 0.1) is 57.6 Å². The van der Waals surface area contributed by atoms with Crippen molar-refractivity contribution in [3.63, 3.8) is 0 Å². The first-order chi connectivity index (χ1) is 22.4. The number of aliphatic hydroxyl groups is 1. The van der Waals surface area contributed by atoms with Gasteiger partial charge in [-0.15, -0.1) is 11.8 Å². The van der Waals surface area contributed by atoms with Gasteiger partial charge in [0.1, 0.15) is 0 Å². The Labute approximate surface area is 277 Å². The molecule has 3 aromatic carbocycles. The molecule has 0 fully saturated rings. The van der Waals surface area contributed by atoms with E-state index in [-0.39, 0.29) is 11.4 Å². The van der Waals surface area contributed by atoms with Crippen LogP contribution in [-0.4, -0.2) is 70.3 Å². The summed E-state index contributed by atoms with van der Waals surface area (Å²) < 4.78 is 21.5. The highest BCUT2D eigenvalue weighted by atomic mass is 32.2. The summed E-state index contributed by atoms with van der Waals surface area (Å²) in [6.07, 6.45) is 12.9. The quantitative estimate of drug-likeness (QED) is 0.0636. The van der Waals surface area contributed by atoms with Crippen molar-refractivity contribution in [1.29, 1.82) is 0 Å². The van der Waals surface area contributed by atoms with Gasteiger partial charge in [-0.1, -0.05) is 142 Å². The zero-order valence-corrected chi connectivity index (χ0v) is 28.1. The van der Waals surface area contributed by atoms with E-state index < -0.39 is 0 Å². The van der Waals surface area contributed by atoms with E-state index in [2.05, 4.69) is 103 Å². The van der Waals surface area contributed by atoms with Crippen LogP contribution in [0.3, 0.4) is 0 Å². The van der Waals surface area contributed by atoms with Crippen molar-refractivity contribution < 1.29 is 24.1 Å². The third-order valence-corrected chi connectivity index (χ3v) is 9.53. The summed E-state index contributed by atoms with van der Waals surface area (Å²) in [4.78, 5) is 0. The Bertz CT molecular complexity index is 970. The fraction of sp³-hybridized carbons (Fsp3) is 0.538. The standard InChI is InChI=1S/C39H56O5S/c40-26-28-42-30-32-44-34-33-43-31-29-41-27-18-7-5-3-1-2-4-6-8-19-35-45-39(36-20-12-9-13-21-36,37-22-14-10-15-23-37)38-24-16-11-17-25-38/h9-17,20-25,40H,1-8,18-19,26-35H2. The maximum Gasteiger partial charge on any atom is 0.0906 e. The fourth-order valence-corrected chi connectivity index (χ4v) is 7.10. The summed E-state index contributed by atoms with van der Waals surface area (Å²) in [6.45, 7) is 4.64. The number of thioether (sulfide) groups is 1. The van der Waals surface area contributed by atoms with Gasteiger partial charge in [-0.25, -0.2) is 0 Å². The molecule has 1 N–H and O–H groups in total. The monoisotopic (exact) mass is 636 g/mol. The van der Waals surface area contributed by atoms with Crippen LogP contribution in [0.1, 0.15) is 80.9 Å². The SMILES string of the molecule is OCCOCCOCCOCCOCCCCCCCCCCCCSC(c1ccccc1)(c1ccccc1)c1ccccc1. The minimum Gasteiger partial charge on any atom is -0.394 e. The van der Waals surface area contributed by atoms with Crippen LogP contribution >= 0.6 is 11.8 Å². The van der Waals surface area contributed by atoms with Gasteiger partial charge in [0, 0.05) is 6.61 Å². The lowest BCUT2D eigenvalue weighted by Gasteiger charge is -2.35. The molecular formula is C39H56O5S. The molecule has 0 atom stereocenters. The van der Waals surface area contributed by atoms with Gasteiger partial charge < -0.3 is 24.1 Å². The molecule has 3 rings (SSSR count). The molecule has 0 amide bonds. The lowest BCUT2D eigenvalue weighted by atomic mass is 9.84. The molecule has 0 unspecified atom stereocenters. The molecule has 3 aromatic rings. The first-order valence-corrected chi connectivity index (χ1v) is 18.1. The van der Waals surface area contributed by atoms with E-state index in [1.165, 1.54) is 74.5 Å². The average Bonchev–Trinajstić information content (AvgIpc) is 3.09. The molecule has 6 heteroatoms. The molecule has 45 heavy (non-hydrogen) atoms. The Morgan fingerprint density at radius 1 is 0.400 bits per heavy atom. The van der Waals surface area contributed by atoms with Gasteiger partial charge in [-0.3, -0.25) is 0 Å². The molecule has 0 aliphatic carbocycles. The Morgan fingerprint density at radius 2 is 0.733 bits per heavy atom. The van der Waals surface area contributed by atoms with Crippen LogP contribution in [0.15, 0.2) is 91.0 Å². The van der Waals surface area contributed by atoms with E-state index in [0.29, 0.717) is 46.2 Å². The van der Waals surface area contributed by atoms with Gasteiger partial charge in [0.25, 0.3) is 0 Å². The first-order valence-electron chi connectivity index (χ1n) is 17.1. The van der Waals surface area contributed by atoms with Gasteiger partial charge in [-0.2, -0.15) is 0 Å². The molecular weight excluding hydrogens is 580 g/mol. The average molecular weight is 637 g/mol. The molecule has 0 saturated carbocycles. The molecule has 0 radical (unpaired) electrons. The van der Waals surface area contributed by atoms with Crippen molar-refractivity contribution in [3.8, 4) is 0 Å². The third-order valence-electron chi connectivity index (χ3n) is 7.89. The van der Waals surface area contributed by atoms with Crippen LogP contribution in [0.25, 0.3) is 0 Å². The number of rotatable bonds is 28. The predicted octanol–water partition coefficient (Wildman–Crippen LogP) is 8.67. The Kier molecular flexibility index (Phi) is 20.7. The highest BCUT2D eigenvalue weighted by Gasteiger charge is 2.36. The van der Waals surface area contributed by atoms with Crippen LogP contribution in [-0.2, 0) is 23.7 Å². The predicted molar refractivity (Wildman–Crippen MR) is 188 cm³/mol. The second-order valence-corrected chi connectivity index (χ2v) is 12.6. The van der Waals surface area contributed by atoms with Gasteiger partial charge >= 0.3 is 0 Å². The fourth-order valence-electron chi connectivity index (χ4n) is 5.54. The van der Waals surface area contributed by atoms with Gasteiger partial charge in [0.2, 0.25) is 0 Å². The number of aliphatic hydroxyl groups excluding tert-OH is 1. The van der Waals surface area contributed by atoms with Crippen molar-refractivity contribution in [2.45, 2.75) is 69.0 Å². The van der Waals surface area contributed by atoms with Crippen LogP contribution in [0, 0.1) is 0 Å². The number of hydrogen-bond donors (Lipinski definition) is 1. The third kappa shape index (κ3) is 14.8. The highest BCUT2D eigenvalue weighted by molar-refractivity contribution is 8.00. The second kappa shape index (κ2) is 25.0. The normalized spacial score (nSPS) is 11.7. The number of benzene rings is 3. The van der Waals surface area contributed by atoms with Crippen molar-refractivity contribution in [1.82, 2.24) is 0 Å². The van der Waals surface area contributed by atoms with Crippen LogP contribution < -0.4 is 0 Å². The largest absolute Gasteiger partial charge is 0.394 e. The minimum absolute atomic E-state index is 0.0487. The molecule has 0 aromatic heterocycles. The van der Waals surface area contributed by atoms with E-state index in [4.69, 9.17) is 24.1 Å². The van der Waals surface area contributed by atoms with Crippen molar-refractivity contribution in [3.05, 3.63) is 108 Å². The summed E-state index contributed by atoms with van der Waals surface area (Å²) in [5.74, 6) is 1.14. The summed E-state index contributed by atoms with van der Waals surface area (Å²) in [5, 5.41) is 8.63. The molecule has 0 spiro atoms. The molecule has 0 bridgehead atoms. The van der Waals surface area contributed by atoms with Crippen molar-refractivity contribution >= 4 is 11.8 Å². The number of ether oxygens (including phenoxy) is 4. The zero-order valence-electron chi connectivity index (χ0n) is 27.3. The Hall–Kier alpha value is -2.19. The first kappa shape index (κ1) is 37.3. The van der Waals surface area contributed by atoms with Gasteiger partial charge in [-0.05, 0) is 35.3 Å². The van der Waals surface area contributed by atoms with Crippen LogP contribution in [0.2, 0.25) is 0 Å². The summed E-state index contributed by atoms with van der Waals surface area (Å²) in [7, 11) is 0.